The van der Waals surface area contributed by atoms with Crippen molar-refractivity contribution in [2.45, 2.75) is 42.6 Å². The molecule has 1 atom stereocenters. The molecule has 0 aliphatic carbocycles. The number of aromatic amines is 1. The average Bonchev–Trinajstić information content (AvgIpc) is 2.74. The molecule has 4 rings (SSSR count). The van der Waals surface area contributed by atoms with Gasteiger partial charge in [-0.3, -0.25) is 9.69 Å². The van der Waals surface area contributed by atoms with Gasteiger partial charge in [0.25, 0.3) is 5.56 Å². The van der Waals surface area contributed by atoms with Crippen LogP contribution in [0.2, 0.25) is 0 Å². The maximum Gasteiger partial charge on any atom is 0.347 e. The summed E-state index contributed by atoms with van der Waals surface area (Å²) in [6.45, 7) is 2.49. The molecule has 32 heavy (non-hydrogen) atoms. The highest BCUT2D eigenvalue weighted by Gasteiger charge is 2.40. The Labute approximate surface area is 184 Å². The van der Waals surface area contributed by atoms with Crippen molar-refractivity contribution in [2.24, 2.45) is 0 Å². The van der Waals surface area contributed by atoms with Crippen molar-refractivity contribution >= 4 is 20.6 Å². The van der Waals surface area contributed by atoms with Gasteiger partial charge in [-0.25, -0.2) is 8.42 Å². The van der Waals surface area contributed by atoms with Crippen LogP contribution in [0.5, 0.6) is 5.75 Å². The number of nitrogens with one attached hydrogen (secondary N) is 1. The lowest BCUT2D eigenvalue weighted by molar-refractivity contribution is 0.0844. The molecule has 2 aromatic carbocycles. The summed E-state index contributed by atoms with van der Waals surface area (Å²) in [4.78, 5) is 16.3. The van der Waals surface area contributed by atoms with Crippen LogP contribution in [0.1, 0.15) is 25.3 Å². The lowest BCUT2D eigenvalue weighted by Gasteiger charge is -2.33. The Morgan fingerprint density at radius 1 is 1.16 bits per heavy atom. The van der Waals surface area contributed by atoms with Gasteiger partial charge < -0.3 is 9.72 Å². The van der Waals surface area contributed by atoms with E-state index in [1.54, 1.807) is 30.5 Å². The molecule has 9 heteroatoms. The van der Waals surface area contributed by atoms with Crippen molar-refractivity contribution in [1.29, 1.82) is 0 Å². The van der Waals surface area contributed by atoms with Crippen LogP contribution in [0.15, 0.2) is 64.4 Å². The summed E-state index contributed by atoms with van der Waals surface area (Å²) in [6.07, 6.45) is 3.41. The molecule has 6 nitrogen and oxygen atoms in total. The number of piperidine rings is 1. The molecular weight excluding hydrogens is 438 g/mol. The maximum atomic E-state index is 13.4. The lowest BCUT2D eigenvalue weighted by atomic mass is 10.1. The third-order valence-corrected chi connectivity index (χ3v) is 7.46. The second kappa shape index (κ2) is 8.63. The molecule has 0 bridgehead atoms. The number of benzene rings is 2. The first-order valence-corrected chi connectivity index (χ1v) is 11.8. The molecule has 0 spiro atoms. The summed E-state index contributed by atoms with van der Waals surface area (Å²) in [7, 11) is -4.68. The van der Waals surface area contributed by atoms with Gasteiger partial charge in [0.05, 0.1) is 4.90 Å². The maximum absolute atomic E-state index is 13.4. The first-order chi connectivity index (χ1) is 15.1. The predicted octanol–water partition coefficient (Wildman–Crippen LogP) is 3.96. The molecule has 1 N–H and O–H groups in total. The number of halogens is 2. The van der Waals surface area contributed by atoms with E-state index >= 15 is 0 Å². The molecule has 3 aromatic rings. The number of ether oxygens (including phenoxy) is 1. The van der Waals surface area contributed by atoms with E-state index in [1.165, 1.54) is 12.1 Å². The first-order valence-electron chi connectivity index (χ1n) is 10.4. The number of rotatable bonds is 6. The summed E-state index contributed by atoms with van der Waals surface area (Å²) in [6, 6.07) is 12.8. The fourth-order valence-corrected chi connectivity index (χ4v) is 4.84. The standard InChI is InChI=1S/C23H24F2N2O4S/c1-23(24,25)32(29,30)20-7-4-16(5-8-20)14-27-12-2-3-19(15-27)31-18-6-9-21-17(13-18)10-11-26-22(21)28/h4-11,13,19H,2-3,12,14-15H2,1H3,(H,26,28). The average molecular weight is 463 g/mol. The normalized spacial score (nSPS) is 18.0. The largest absolute Gasteiger partial charge is 0.489 e. The third kappa shape index (κ3) is 4.68. The molecule has 170 valence electrons. The number of hydrogen-bond acceptors (Lipinski definition) is 5. The predicted molar refractivity (Wildman–Crippen MR) is 118 cm³/mol. The lowest BCUT2D eigenvalue weighted by Crippen LogP contribution is -2.40. The van der Waals surface area contributed by atoms with Gasteiger partial charge in [0, 0.05) is 31.6 Å². The Kier molecular flexibility index (Phi) is 6.05. The van der Waals surface area contributed by atoms with Crippen molar-refractivity contribution in [1.82, 2.24) is 9.88 Å². The quantitative estimate of drug-likeness (QED) is 0.600. The van der Waals surface area contributed by atoms with E-state index < -0.39 is 15.1 Å². The minimum absolute atomic E-state index is 0.0263. The number of H-pyrrole nitrogens is 1. The van der Waals surface area contributed by atoms with Crippen LogP contribution in [0.4, 0.5) is 8.78 Å². The Balaban J connectivity index is 1.41. The minimum atomic E-state index is -4.68. The van der Waals surface area contributed by atoms with Gasteiger partial charge in [-0.1, -0.05) is 12.1 Å². The molecular formula is C23H24F2N2O4S. The fraction of sp³-hybridized carbons (Fsp3) is 0.348. The Bertz CT molecular complexity index is 1270. The topological polar surface area (TPSA) is 79.5 Å². The number of pyridine rings is 1. The Morgan fingerprint density at radius 3 is 2.62 bits per heavy atom. The van der Waals surface area contributed by atoms with Gasteiger partial charge in [0.15, 0.2) is 0 Å². The van der Waals surface area contributed by atoms with E-state index in [-0.39, 0.29) is 16.6 Å². The van der Waals surface area contributed by atoms with Gasteiger partial charge in [-0.15, -0.1) is 0 Å². The van der Waals surface area contributed by atoms with Crippen LogP contribution < -0.4 is 10.3 Å². The molecule has 0 radical (unpaired) electrons. The number of aromatic nitrogens is 1. The van der Waals surface area contributed by atoms with Gasteiger partial charge in [0.2, 0.25) is 9.84 Å². The molecule has 0 saturated carbocycles. The van der Waals surface area contributed by atoms with Crippen molar-refractivity contribution in [3.8, 4) is 5.75 Å². The van der Waals surface area contributed by atoms with Crippen LogP contribution in [0.25, 0.3) is 10.8 Å². The van der Waals surface area contributed by atoms with Crippen molar-refractivity contribution in [3.05, 3.63) is 70.6 Å². The molecule has 1 saturated heterocycles. The van der Waals surface area contributed by atoms with E-state index in [4.69, 9.17) is 4.74 Å². The van der Waals surface area contributed by atoms with E-state index in [0.717, 1.165) is 30.3 Å². The number of nitrogens with zero attached hydrogens (tertiary/aromatic N) is 1. The number of hydrogen-bond donors (Lipinski definition) is 1. The van der Waals surface area contributed by atoms with E-state index in [0.29, 0.717) is 31.1 Å². The highest BCUT2D eigenvalue weighted by Crippen LogP contribution is 2.29. The zero-order valence-electron chi connectivity index (χ0n) is 17.6. The van der Waals surface area contributed by atoms with E-state index in [9.17, 15) is 22.0 Å². The highest BCUT2D eigenvalue weighted by atomic mass is 32.2. The van der Waals surface area contributed by atoms with Crippen LogP contribution in [0, 0.1) is 0 Å². The fourth-order valence-electron chi connectivity index (χ4n) is 3.93. The van der Waals surface area contributed by atoms with Crippen LogP contribution >= 0.6 is 0 Å². The van der Waals surface area contributed by atoms with Gasteiger partial charge in [-0.2, -0.15) is 8.78 Å². The van der Waals surface area contributed by atoms with E-state index in [2.05, 4.69) is 9.88 Å². The number of alkyl halides is 2. The third-order valence-electron chi connectivity index (χ3n) is 5.62. The van der Waals surface area contributed by atoms with Gasteiger partial charge >= 0.3 is 5.25 Å². The number of likely N-dealkylation sites (tertiary alicyclic amines) is 1. The molecule has 0 amide bonds. The Hall–Kier alpha value is -2.78. The van der Waals surface area contributed by atoms with Gasteiger partial charge in [0.1, 0.15) is 11.9 Å². The smallest absolute Gasteiger partial charge is 0.347 e. The summed E-state index contributed by atoms with van der Waals surface area (Å²) in [5.41, 5.74) is 0.702. The summed E-state index contributed by atoms with van der Waals surface area (Å²) >= 11 is 0. The van der Waals surface area contributed by atoms with Crippen LogP contribution in [-0.2, 0) is 16.4 Å². The minimum Gasteiger partial charge on any atom is -0.489 e. The molecule has 2 heterocycles. The number of sulfone groups is 1. The zero-order valence-corrected chi connectivity index (χ0v) is 18.4. The van der Waals surface area contributed by atoms with Gasteiger partial charge in [-0.05, 0) is 66.7 Å². The van der Waals surface area contributed by atoms with Crippen LogP contribution in [-0.4, -0.2) is 42.7 Å². The molecule has 1 aromatic heterocycles. The molecule has 1 aliphatic heterocycles. The summed E-state index contributed by atoms with van der Waals surface area (Å²) < 4.78 is 56.6. The highest BCUT2D eigenvalue weighted by molar-refractivity contribution is 7.92. The van der Waals surface area contributed by atoms with Crippen molar-refractivity contribution in [2.75, 3.05) is 13.1 Å². The van der Waals surface area contributed by atoms with E-state index in [1.807, 2.05) is 12.1 Å². The molecule has 1 fully saturated rings. The second-order valence-electron chi connectivity index (χ2n) is 8.13. The summed E-state index contributed by atoms with van der Waals surface area (Å²) in [5, 5.41) is -2.40. The molecule has 1 unspecified atom stereocenters. The Morgan fingerprint density at radius 2 is 1.91 bits per heavy atom. The van der Waals surface area contributed by atoms with Crippen molar-refractivity contribution in [3.63, 3.8) is 0 Å². The first kappa shape index (κ1) is 22.4. The van der Waals surface area contributed by atoms with Crippen LogP contribution in [0.3, 0.4) is 0 Å². The van der Waals surface area contributed by atoms with Crippen molar-refractivity contribution < 1.29 is 21.9 Å². The molecule has 1 aliphatic rings. The summed E-state index contributed by atoms with van der Waals surface area (Å²) in [5.74, 6) is 0.699. The second-order valence-corrected chi connectivity index (χ2v) is 10.3. The number of fused-ring (bicyclic) bond motifs is 1. The SMILES string of the molecule is CC(F)(F)S(=O)(=O)c1ccc(CN2CCCC(Oc3ccc4c(=O)[nH]ccc4c3)C2)cc1. The monoisotopic (exact) mass is 462 g/mol. The zero-order chi connectivity index (χ0) is 22.9.